The van der Waals surface area contributed by atoms with Crippen molar-refractivity contribution < 1.29 is 19.5 Å². The van der Waals surface area contributed by atoms with Gasteiger partial charge in [0.25, 0.3) is 11.8 Å². The van der Waals surface area contributed by atoms with E-state index in [0.717, 1.165) is 32.5 Å². The SMILES string of the molecule is CCCN(CCO)c1ccc2c3c(cccc13)N(C1CCC(=O)N(I)C1=O)C2=O. The molecule has 0 aromatic heterocycles. The van der Waals surface area contributed by atoms with Crippen molar-refractivity contribution in [1.29, 1.82) is 0 Å². The van der Waals surface area contributed by atoms with Crippen molar-refractivity contribution in [1.82, 2.24) is 3.11 Å². The van der Waals surface area contributed by atoms with Gasteiger partial charge in [0.2, 0.25) is 5.91 Å². The predicted octanol–water partition coefficient (Wildman–Crippen LogP) is 2.88. The van der Waals surface area contributed by atoms with Crippen LogP contribution in [0.5, 0.6) is 0 Å². The van der Waals surface area contributed by atoms with Crippen molar-refractivity contribution in [2.75, 3.05) is 29.5 Å². The van der Waals surface area contributed by atoms with E-state index in [1.54, 1.807) is 27.8 Å². The topological polar surface area (TPSA) is 81.2 Å². The molecule has 7 nitrogen and oxygen atoms in total. The van der Waals surface area contributed by atoms with Gasteiger partial charge in [0.1, 0.15) is 6.04 Å². The Hall–Kier alpha value is -2.20. The van der Waals surface area contributed by atoms with Gasteiger partial charge in [-0.05, 0) is 31.0 Å². The van der Waals surface area contributed by atoms with Gasteiger partial charge in [0, 0.05) is 36.0 Å². The number of aliphatic hydroxyl groups is 1. The number of nitrogens with zero attached hydrogens (tertiary/aromatic N) is 3. The van der Waals surface area contributed by atoms with Crippen LogP contribution in [0.2, 0.25) is 0 Å². The second-order valence-electron chi connectivity index (χ2n) is 7.29. The number of hydrogen-bond acceptors (Lipinski definition) is 5. The van der Waals surface area contributed by atoms with Crippen LogP contribution in [-0.2, 0) is 9.59 Å². The molecular formula is C21H22IN3O4. The van der Waals surface area contributed by atoms with Crippen LogP contribution in [0.1, 0.15) is 36.5 Å². The summed E-state index contributed by atoms with van der Waals surface area (Å²) in [4.78, 5) is 41.5. The maximum Gasteiger partial charge on any atom is 0.261 e. The molecule has 2 aromatic carbocycles. The molecule has 2 aromatic rings. The standard InChI is InChI=1S/C21H22IN3O4/c1-2-10-23(11-12-26)15-7-6-14-19-13(15)4-3-5-16(19)24(20(14)28)17-8-9-18(27)25(22)21(17)29/h3-7,17,26H,2,8-12H2,1H3. The minimum absolute atomic E-state index is 0.0457. The maximum atomic E-state index is 13.3. The summed E-state index contributed by atoms with van der Waals surface area (Å²) in [5.74, 6) is -0.784. The molecule has 0 spiro atoms. The Morgan fingerprint density at radius 1 is 1.17 bits per heavy atom. The van der Waals surface area contributed by atoms with Crippen LogP contribution >= 0.6 is 22.9 Å². The lowest BCUT2D eigenvalue weighted by molar-refractivity contribution is -0.140. The molecule has 152 valence electrons. The molecule has 29 heavy (non-hydrogen) atoms. The van der Waals surface area contributed by atoms with Gasteiger partial charge < -0.3 is 10.0 Å². The molecule has 0 radical (unpaired) electrons. The van der Waals surface area contributed by atoms with E-state index in [9.17, 15) is 19.5 Å². The molecule has 2 heterocycles. The number of piperidine rings is 1. The third-order valence-corrected chi connectivity index (χ3v) is 6.56. The molecule has 1 fully saturated rings. The Morgan fingerprint density at radius 2 is 1.97 bits per heavy atom. The van der Waals surface area contributed by atoms with Crippen molar-refractivity contribution in [3.8, 4) is 0 Å². The first-order valence-electron chi connectivity index (χ1n) is 9.77. The summed E-state index contributed by atoms with van der Waals surface area (Å²) in [6, 6.07) is 8.78. The van der Waals surface area contributed by atoms with E-state index in [1.807, 2.05) is 30.3 Å². The van der Waals surface area contributed by atoms with Crippen molar-refractivity contribution in [2.24, 2.45) is 0 Å². The summed E-state index contributed by atoms with van der Waals surface area (Å²) in [5.41, 5.74) is 2.25. The van der Waals surface area contributed by atoms with E-state index in [-0.39, 0.29) is 30.7 Å². The molecule has 2 aliphatic heterocycles. The van der Waals surface area contributed by atoms with Crippen LogP contribution in [0.4, 0.5) is 11.4 Å². The van der Waals surface area contributed by atoms with Crippen molar-refractivity contribution in [2.45, 2.75) is 32.2 Å². The molecule has 0 aliphatic carbocycles. The number of amides is 3. The predicted molar refractivity (Wildman–Crippen MR) is 119 cm³/mol. The van der Waals surface area contributed by atoms with Crippen LogP contribution in [0.25, 0.3) is 10.8 Å². The third kappa shape index (κ3) is 3.18. The van der Waals surface area contributed by atoms with Crippen LogP contribution in [0, 0.1) is 0 Å². The highest BCUT2D eigenvalue weighted by Crippen LogP contribution is 2.43. The van der Waals surface area contributed by atoms with Crippen LogP contribution < -0.4 is 9.80 Å². The number of aliphatic hydroxyl groups excluding tert-OH is 1. The lowest BCUT2D eigenvalue weighted by Crippen LogP contribution is -2.52. The molecule has 0 bridgehead atoms. The monoisotopic (exact) mass is 507 g/mol. The average Bonchev–Trinajstić information content (AvgIpc) is 3.00. The average molecular weight is 507 g/mol. The number of carbonyl (C=O) groups is 3. The van der Waals surface area contributed by atoms with Crippen molar-refractivity contribution in [3.63, 3.8) is 0 Å². The number of carbonyl (C=O) groups excluding carboxylic acids is 3. The fraction of sp³-hybridized carbons (Fsp3) is 0.381. The molecule has 8 heteroatoms. The number of hydrogen-bond donors (Lipinski definition) is 1. The van der Waals surface area contributed by atoms with Gasteiger partial charge in [0.15, 0.2) is 0 Å². The zero-order valence-corrected chi connectivity index (χ0v) is 18.3. The minimum atomic E-state index is -0.678. The zero-order chi connectivity index (χ0) is 20.7. The lowest BCUT2D eigenvalue weighted by atomic mass is 10.0. The molecule has 2 aliphatic rings. The van der Waals surface area contributed by atoms with Crippen LogP contribution in [0.3, 0.4) is 0 Å². The summed E-state index contributed by atoms with van der Waals surface area (Å²) < 4.78 is 1.10. The molecule has 1 saturated heterocycles. The second-order valence-corrected chi connectivity index (χ2v) is 8.25. The number of anilines is 2. The Kier molecular flexibility index (Phi) is 5.48. The third-order valence-electron chi connectivity index (χ3n) is 5.55. The summed E-state index contributed by atoms with van der Waals surface area (Å²) in [5, 5.41) is 11.2. The molecular weight excluding hydrogens is 485 g/mol. The summed E-state index contributed by atoms with van der Waals surface area (Å²) in [6.45, 7) is 3.44. The normalized spacial score (nSPS) is 18.9. The second kappa shape index (κ2) is 7.91. The first kappa shape index (κ1) is 20.1. The zero-order valence-electron chi connectivity index (χ0n) is 16.1. The fourth-order valence-electron chi connectivity index (χ4n) is 4.29. The van der Waals surface area contributed by atoms with E-state index >= 15 is 0 Å². The van der Waals surface area contributed by atoms with Gasteiger partial charge in [-0.3, -0.25) is 19.3 Å². The number of rotatable bonds is 6. The van der Waals surface area contributed by atoms with E-state index in [0.29, 0.717) is 24.2 Å². The summed E-state index contributed by atoms with van der Waals surface area (Å²) in [6.07, 6.45) is 1.50. The van der Waals surface area contributed by atoms with E-state index in [4.69, 9.17) is 0 Å². The summed E-state index contributed by atoms with van der Waals surface area (Å²) >= 11 is 1.72. The molecule has 4 rings (SSSR count). The Labute approximate surface area is 182 Å². The smallest absolute Gasteiger partial charge is 0.261 e. The van der Waals surface area contributed by atoms with Gasteiger partial charge in [0.05, 0.1) is 40.7 Å². The van der Waals surface area contributed by atoms with Crippen LogP contribution in [-0.4, -0.2) is 51.7 Å². The fourth-order valence-corrected chi connectivity index (χ4v) is 4.86. The van der Waals surface area contributed by atoms with Gasteiger partial charge >= 0.3 is 0 Å². The Morgan fingerprint density at radius 3 is 2.69 bits per heavy atom. The quantitative estimate of drug-likeness (QED) is 0.370. The van der Waals surface area contributed by atoms with Crippen molar-refractivity contribution >= 4 is 62.7 Å². The number of halogens is 1. The minimum Gasteiger partial charge on any atom is -0.395 e. The van der Waals surface area contributed by atoms with Gasteiger partial charge in [-0.1, -0.05) is 19.1 Å². The number of imide groups is 1. The highest BCUT2D eigenvalue weighted by atomic mass is 127. The Bertz CT molecular complexity index is 1000. The van der Waals surface area contributed by atoms with Crippen LogP contribution in [0.15, 0.2) is 30.3 Å². The molecule has 0 saturated carbocycles. The first-order valence-corrected chi connectivity index (χ1v) is 10.7. The van der Waals surface area contributed by atoms with Gasteiger partial charge in [-0.25, -0.2) is 3.11 Å². The molecule has 1 N–H and O–H groups in total. The molecule has 1 unspecified atom stereocenters. The number of benzene rings is 2. The van der Waals surface area contributed by atoms with Crippen molar-refractivity contribution in [3.05, 3.63) is 35.9 Å². The Balaban J connectivity index is 1.82. The largest absolute Gasteiger partial charge is 0.395 e. The lowest BCUT2D eigenvalue weighted by Gasteiger charge is -2.33. The highest BCUT2D eigenvalue weighted by Gasteiger charge is 2.43. The molecule has 3 amide bonds. The van der Waals surface area contributed by atoms with Gasteiger partial charge in [-0.15, -0.1) is 0 Å². The first-order chi connectivity index (χ1) is 14.0. The summed E-state index contributed by atoms with van der Waals surface area (Å²) in [7, 11) is 0. The molecule has 1 atom stereocenters. The highest BCUT2D eigenvalue weighted by molar-refractivity contribution is 14.1. The van der Waals surface area contributed by atoms with E-state index in [2.05, 4.69) is 11.8 Å². The maximum absolute atomic E-state index is 13.3. The van der Waals surface area contributed by atoms with E-state index in [1.165, 1.54) is 0 Å². The van der Waals surface area contributed by atoms with Gasteiger partial charge in [-0.2, -0.15) is 0 Å². The van der Waals surface area contributed by atoms with E-state index < -0.39 is 6.04 Å².